The molecule has 0 aromatic heterocycles. The minimum Gasteiger partial charge on any atom is -0.449 e. The third kappa shape index (κ3) is 7.15. The second-order valence-corrected chi connectivity index (χ2v) is 8.77. The summed E-state index contributed by atoms with van der Waals surface area (Å²) in [4.78, 5) is 48.3. The molecule has 9 nitrogen and oxygen atoms in total. The first-order valence-electron chi connectivity index (χ1n) is 10.5. The number of carbonyl (C=O) groups excluding carboxylic acids is 3. The van der Waals surface area contributed by atoms with Gasteiger partial charge in [-0.2, -0.15) is 0 Å². The fourth-order valence-electron chi connectivity index (χ4n) is 2.97. The SMILES string of the molecule is CC(=O)Nc1ccc(NC(=O)C(C)OC(=O)c2ccc(Sc3ccc(C)cc3)c([N+](=O)[O-])c2)cc1. The fraction of sp³-hybridized carbons (Fsp3) is 0.160. The lowest BCUT2D eigenvalue weighted by Gasteiger charge is -2.14. The molecule has 10 heteroatoms. The summed E-state index contributed by atoms with van der Waals surface area (Å²) >= 11 is 1.21. The van der Waals surface area contributed by atoms with Gasteiger partial charge in [0.05, 0.1) is 15.4 Å². The van der Waals surface area contributed by atoms with E-state index in [1.165, 1.54) is 37.7 Å². The number of nitrogens with zero attached hydrogens (tertiary/aromatic N) is 1. The van der Waals surface area contributed by atoms with Gasteiger partial charge < -0.3 is 15.4 Å². The van der Waals surface area contributed by atoms with E-state index in [0.29, 0.717) is 16.3 Å². The molecule has 35 heavy (non-hydrogen) atoms. The number of aryl methyl sites for hydroxylation is 1. The van der Waals surface area contributed by atoms with Gasteiger partial charge >= 0.3 is 5.97 Å². The third-order valence-corrected chi connectivity index (χ3v) is 5.84. The molecule has 0 aliphatic heterocycles. The average Bonchev–Trinajstić information content (AvgIpc) is 2.81. The van der Waals surface area contributed by atoms with Crippen LogP contribution >= 0.6 is 11.8 Å². The molecule has 0 fully saturated rings. The van der Waals surface area contributed by atoms with Crippen LogP contribution in [0.25, 0.3) is 0 Å². The van der Waals surface area contributed by atoms with Crippen molar-refractivity contribution in [2.75, 3.05) is 10.6 Å². The fourth-order valence-corrected chi connectivity index (χ4v) is 3.87. The van der Waals surface area contributed by atoms with Crippen molar-refractivity contribution >= 4 is 46.6 Å². The monoisotopic (exact) mass is 493 g/mol. The van der Waals surface area contributed by atoms with E-state index in [0.717, 1.165) is 16.5 Å². The van der Waals surface area contributed by atoms with Crippen LogP contribution in [0.2, 0.25) is 0 Å². The van der Waals surface area contributed by atoms with E-state index in [9.17, 15) is 24.5 Å². The number of hydrogen-bond acceptors (Lipinski definition) is 7. The van der Waals surface area contributed by atoms with E-state index < -0.39 is 22.9 Å². The number of rotatable bonds is 8. The van der Waals surface area contributed by atoms with E-state index in [1.54, 1.807) is 24.3 Å². The Morgan fingerprint density at radius 3 is 2.11 bits per heavy atom. The van der Waals surface area contributed by atoms with Crippen LogP contribution in [0.4, 0.5) is 17.1 Å². The van der Waals surface area contributed by atoms with Gasteiger partial charge in [-0.3, -0.25) is 19.7 Å². The second-order valence-electron chi connectivity index (χ2n) is 7.65. The van der Waals surface area contributed by atoms with Crippen molar-refractivity contribution in [3.8, 4) is 0 Å². The Kier molecular flexibility index (Phi) is 8.21. The molecule has 180 valence electrons. The number of amides is 2. The van der Waals surface area contributed by atoms with Gasteiger partial charge in [0.2, 0.25) is 5.91 Å². The molecule has 0 bridgehead atoms. The summed E-state index contributed by atoms with van der Waals surface area (Å²) in [5, 5.41) is 16.8. The number of carbonyl (C=O) groups is 3. The number of nitrogens with one attached hydrogen (secondary N) is 2. The Labute approximate surface area is 206 Å². The summed E-state index contributed by atoms with van der Waals surface area (Å²) in [7, 11) is 0. The Bertz CT molecular complexity index is 1260. The Morgan fingerprint density at radius 2 is 1.54 bits per heavy atom. The molecular weight excluding hydrogens is 470 g/mol. The summed E-state index contributed by atoms with van der Waals surface area (Å²) in [5.74, 6) is -1.65. The van der Waals surface area contributed by atoms with Gasteiger partial charge in [-0.25, -0.2) is 4.79 Å². The van der Waals surface area contributed by atoms with Crippen LogP contribution in [0, 0.1) is 17.0 Å². The molecule has 3 aromatic rings. The largest absolute Gasteiger partial charge is 0.449 e. The maximum absolute atomic E-state index is 12.6. The summed E-state index contributed by atoms with van der Waals surface area (Å²) in [5.41, 5.74) is 1.81. The maximum Gasteiger partial charge on any atom is 0.339 e. The number of nitro benzene ring substituents is 1. The molecule has 2 N–H and O–H groups in total. The van der Waals surface area contributed by atoms with Crippen molar-refractivity contribution in [2.45, 2.75) is 36.7 Å². The molecule has 1 atom stereocenters. The van der Waals surface area contributed by atoms with Gasteiger partial charge in [0.15, 0.2) is 6.10 Å². The number of esters is 1. The predicted molar refractivity (Wildman–Crippen MR) is 133 cm³/mol. The lowest BCUT2D eigenvalue weighted by atomic mass is 10.2. The van der Waals surface area contributed by atoms with Gasteiger partial charge in [0.1, 0.15) is 0 Å². The summed E-state index contributed by atoms with van der Waals surface area (Å²) in [6.45, 7) is 4.73. The lowest BCUT2D eigenvalue weighted by Crippen LogP contribution is -2.30. The Balaban J connectivity index is 1.66. The summed E-state index contributed by atoms with van der Waals surface area (Å²) < 4.78 is 5.22. The highest BCUT2D eigenvalue weighted by Crippen LogP contribution is 2.35. The van der Waals surface area contributed by atoms with Crippen LogP contribution in [0.1, 0.15) is 29.8 Å². The predicted octanol–water partition coefficient (Wildman–Crippen LogP) is 5.20. The summed E-state index contributed by atoms with van der Waals surface area (Å²) in [6.07, 6.45) is -1.15. The highest BCUT2D eigenvalue weighted by Gasteiger charge is 2.23. The van der Waals surface area contributed by atoms with E-state index >= 15 is 0 Å². The first kappa shape index (κ1) is 25.4. The zero-order valence-electron chi connectivity index (χ0n) is 19.2. The molecule has 0 radical (unpaired) electrons. The summed E-state index contributed by atoms with van der Waals surface area (Å²) in [6, 6.07) is 18.0. The zero-order chi connectivity index (χ0) is 25.5. The van der Waals surface area contributed by atoms with Crippen LogP contribution in [-0.2, 0) is 14.3 Å². The number of anilines is 2. The van der Waals surface area contributed by atoms with Gasteiger partial charge in [-0.05, 0) is 62.4 Å². The molecule has 2 amide bonds. The van der Waals surface area contributed by atoms with Crippen molar-refractivity contribution in [2.24, 2.45) is 0 Å². The van der Waals surface area contributed by atoms with Crippen molar-refractivity contribution in [3.63, 3.8) is 0 Å². The number of nitro groups is 1. The molecule has 3 aromatic carbocycles. The van der Waals surface area contributed by atoms with Crippen LogP contribution in [0.3, 0.4) is 0 Å². The maximum atomic E-state index is 12.6. The molecule has 3 rings (SSSR count). The molecule has 0 aliphatic carbocycles. The topological polar surface area (TPSA) is 128 Å². The van der Waals surface area contributed by atoms with Gasteiger partial charge in [0, 0.05) is 29.3 Å². The van der Waals surface area contributed by atoms with Crippen LogP contribution in [0.5, 0.6) is 0 Å². The van der Waals surface area contributed by atoms with Crippen LogP contribution < -0.4 is 10.6 Å². The highest BCUT2D eigenvalue weighted by atomic mass is 32.2. The van der Waals surface area contributed by atoms with Crippen LogP contribution in [-0.4, -0.2) is 28.8 Å². The van der Waals surface area contributed by atoms with E-state index in [2.05, 4.69) is 10.6 Å². The zero-order valence-corrected chi connectivity index (χ0v) is 20.0. The first-order chi connectivity index (χ1) is 16.6. The second kappa shape index (κ2) is 11.3. The van der Waals surface area contributed by atoms with E-state index in [4.69, 9.17) is 4.74 Å². The average molecular weight is 494 g/mol. The molecule has 0 spiro atoms. The van der Waals surface area contributed by atoms with Gasteiger partial charge in [-0.15, -0.1) is 0 Å². The number of ether oxygens (including phenoxy) is 1. The normalized spacial score (nSPS) is 11.3. The van der Waals surface area contributed by atoms with Gasteiger partial charge in [-0.1, -0.05) is 29.5 Å². The molecule has 0 saturated carbocycles. The van der Waals surface area contributed by atoms with Crippen molar-refractivity contribution in [1.82, 2.24) is 0 Å². The van der Waals surface area contributed by atoms with E-state index in [-0.39, 0.29) is 17.2 Å². The van der Waals surface area contributed by atoms with Crippen molar-refractivity contribution in [1.29, 1.82) is 0 Å². The molecule has 0 heterocycles. The quantitative estimate of drug-likeness (QED) is 0.251. The van der Waals surface area contributed by atoms with Gasteiger partial charge in [0.25, 0.3) is 11.6 Å². The number of hydrogen-bond donors (Lipinski definition) is 2. The Morgan fingerprint density at radius 1 is 0.943 bits per heavy atom. The molecular formula is C25H23N3O6S. The molecule has 0 saturated heterocycles. The standard InChI is InChI=1S/C25H23N3O6S/c1-15-4-11-21(12-5-15)35-23-13-6-18(14-22(23)28(32)33)25(31)34-16(2)24(30)27-20-9-7-19(8-10-20)26-17(3)29/h4-14,16H,1-3H3,(H,26,29)(H,27,30). The van der Waals surface area contributed by atoms with E-state index in [1.807, 2.05) is 31.2 Å². The van der Waals surface area contributed by atoms with Crippen molar-refractivity contribution in [3.05, 3.63) is 88.0 Å². The third-order valence-electron chi connectivity index (χ3n) is 4.77. The smallest absolute Gasteiger partial charge is 0.339 e. The first-order valence-corrected chi connectivity index (χ1v) is 11.4. The lowest BCUT2D eigenvalue weighted by molar-refractivity contribution is -0.387. The van der Waals surface area contributed by atoms with Crippen LogP contribution in [0.15, 0.2) is 76.5 Å². The Hall–Kier alpha value is -4.18. The van der Waals surface area contributed by atoms with Crippen molar-refractivity contribution < 1.29 is 24.0 Å². The minimum atomic E-state index is -1.15. The molecule has 1 unspecified atom stereocenters. The molecule has 0 aliphatic rings. The minimum absolute atomic E-state index is 0.0377. The number of benzene rings is 3. The highest BCUT2D eigenvalue weighted by molar-refractivity contribution is 7.99.